The van der Waals surface area contributed by atoms with E-state index in [0.717, 1.165) is 9.26 Å². The molecule has 0 saturated carbocycles. The first-order valence-corrected chi connectivity index (χ1v) is 6.22. The summed E-state index contributed by atoms with van der Waals surface area (Å²) in [6, 6.07) is 9.32. The van der Waals surface area contributed by atoms with E-state index in [2.05, 4.69) is 33.0 Å². The SMILES string of the molecule is Cc1cc(NC(=O)c2ccccc2I)n(C)n1. The number of carbonyl (C=O) groups is 1. The van der Waals surface area contributed by atoms with Gasteiger partial charge in [-0.3, -0.25) is 9.48 Å². The Labute approximate surface area is 113 Å². The van der Waals surface area contributed by atoms with E-state index < -0.39 is 0 Å². The summed E-state index contributed by atoms with van der Waals surface area (Å²) < 4.78 is 2.59. The number of carbonyl (C=O) groups excluding carboxylic acids is 1. The molecule has 4 nitrogen and oxygen atoms in total. The normalized spacial score (nSPS) is 10.3. The number of anilines is 1. The molecular weight excluding hydrogens is 329 g/mol. The molecule has 0 bridgehead atoms. The minimum Gasteiger partial charge on any atom is -0.307 e. The number of benzene rings is 1. The molecule has 0 radical (unpaired) electrons. The molecule has 0 aliphatic rings. The van der Waals surface area contributed by atoms with Crippen molar-refractivity contribution in [3.63, 3.8) is 0 Å². The van der Waals surface area contributed by atoms with Crippen LogP contribution in [0.2, 0.25) is 0 Å². The lowest BCUT2D eigenvalue weighted by atomic mass is 10.2. The summed E-state index contributed by atoms with van der Waals surface area (Å²) in [4.78, 5) is 12.0. The van der Waals surface area contributed by atoms with Crippen molar-refractivity contribution in [1.29, 1.82) is 0 Å². The van der Waals surface area contributed by atoms with Gasteiger partial charge in [0, 0.05) is 16.7 Å². The highest BCUT2D eigenvalue weighted by atomic mass is 127. The third-order valence-electron chi connectivity index (χ3n) is 2.36. The van der Waals surface area contributed by atoms with Crippen molar-refractivity contribution in [1.82, 2.24) is 9.78 Å². The fourth-order valence-corrected chi connectivity index (χ4v) is 2.19. The molecule has 2 aromatic rings. The second-order valence-corrected chi connectivity index (χ2v) is 4.89. The van der Waals surface area contributed by atoms with E-state index in [1.807, 2.05) is 31.2 Å². The van der Waals surface area contributed by atoms with E-state index in [9.17, 15) is 4.79 Å². The second-order valence-electron chi connectivity index (χ2n) is 3.73. The summed E-state index contributed by atoms with van der Waals surface area (Å²) >= 11 is 2.15. The highest BCUT2D eigenvalue weighted by Crippen LogP contribution is 2.14. The van der Waals surface area contributed by atoms with Crippen molar-refractivity contribution >= 4 is 34.3 Å². The standard InChI is InChI=1S/C12H12IN3O/c1-8-7-11(16(2)15-8)14-12(17)9-5-3-4-6-10(9)13/h3-7H,1-2H3,(H,14,17). The maximum Gasteiger partial charge on any atom is 0.257 e. The molecule has 0 saturated heterocycles. The molecule has 1 aromatic carbocycles. The summed E-state index contributed by atoms with van der Waals surface area (Å²) in [5.74, 6) is 0.588. The third-order valence-corrected chi connectivity index (χ3v) is 3.30. The average molecular weight is 341 g/mol. The van der Waals surface area contributed by atoms with Gasteiger partial charge in [-0.1, -0.05) is 12.1 Å². The number of nitrogens with one attached hydrogen (secondary N) is 1. The minimum absolute atomic E-state index is 0.113. The maximum absolute atomic E-state index is 12.0. The summed E-state index contributed by atoms with van der Waals surface area (Å²) in [6.45, 7) is 1.89. The van der Waals surface area contributed by atoms with E-state index in [1.165, 1.54) is 0 Å². The van der Waals surface area contributed by atoms with Gasteiger partial charge in [-0.25, -0.2) is 0 Å². The summed E-state index contributed by atoms with van der Waals surface area (Å²) in [5, 5.41) is 7.03. The summed E-state index contributed by atoms with van der Waals surface area (Å²) in [5.41, 5.74) is 1.55. The van der Waals surface area contributed by atoms with Crippen LogP contribution in [0.25, 0.3) is 0 Å². The fraction of sp³-hybridized carbons (Fsp3) is 0.167. The number of nitrogens with zero attached hydrogens (tertiary/aromatic N) is 2. The van der Waals surface area contributed by atoms with E-state index in [1.54, 1.807) is 17.8 Å². The smallest absolute Gasteiger partial charge is 0.257 e. The van der Waals surface area contributed by atoms with Gasteiger partial charge in [0.05, 0.1) is 11.3 Å². The van der Waals surface area contributed by atoms with Crippen LogP contribution < -0.4 is 5.32 Å². The van der Waals surface area contributed by atoms with E-state index in [-0.39, 0.29) is 5.91 Å². The molecule has 1 amide bonds. The monoisotopic (exact) mass is 341 g/mol. The van der Waals surface area contributed by atoms with Crippen molar-refractivity contribution < 1.29 is 4.79 Å². The van der Waals surface area contributed by atoms with Crippen LogP contribution >= 0.6 is 22.6 Å². The number of hydrogen-bond acceptors (Lipinski definition) is 2. The molecule has 0 spiro atoms. The first-order chi connectivity index (χ1) is 8.08. The van der Waals surface area contributed by atoms with Crippen molar-refractivity contribution in [3.05, 3.63) is 45.2 Å². The number of aromatic nitrogens is 2. The molecule has 0 fully saturated rings. The molecule has 1 heterocycles. The Kier molecular flexibility index (Phi) is 3.46. The van der Waals surface area contributed by atoms with Crippen LogP contribution in [0.3, 0.4) is 0 Å². The van der Waals surface area contributed by atoms with Gasteiger partial charge in [0.2, 0.25) is 0 Å². The zero-order valence-electron chi connectivity index (χ0n) is 9.57. The number of amides is 1. The zero-order valence-corrected chi connectivity index (χ0v) is 11.7. The Morgan fingerprint density at radius 3 is 2.71 bits per heavy atom. The van der Waals surface area contributed by atoms with Gasteiger partial charge >= 0.3 is 0 Å². The predicted octanol–water partition coefficient (Wildman–Crippen LogP) is 2.59. The van der Waals surface area contributed by atoms with Gasteiger partial charge < -0.3 is 5.32 Å². The van der Waals surface area contributed by atoms with Crippen LogP contribution in [-0.4, -0.2) is 15.7 Å². The zero-order chi connectivity index (χ0) is 12.4. The van der Waals surface area contributed by atoms with Gasteiger partial charge in [0.1, 0.15) is 5.82 Å². The lowest BCUT2D eigenvalue weighted by Crippen LogP contribution is -2.15. The van der Waals surface area contributed by atoms with Crippen LogP contribution in [0.4, 0.5) is 5.82 Å². The van der Waals surface area contributed by atoms with Crippen LogP contribution in [-0.2, 0) is 7.05 Å². The Morgan fingerprint density at radius 2 is 2.12 bits per heavy atom. The molecular formula is C12H12IN3O. The molecule has 0 atom stereocenters. The maximum atomic E-state index is 12.0. The highest BCUT2D eigenvalue weighted by molar-refractivity contribution is 14.1. The molecule has 2 rings (SSSR count). The van der Waals surface area contributed by atoms with Crippen molar-refractivity contribution in [2.45, 2.75) is 6.92 Å². The molecule has 0 aliphatic carbocycles. The van der Waals surface area contributed by atoms with E-state index in [0.29, 0.717) is 11.4 Å². The fourth-order valence-electron chi connectivity index (χ4n) is 1.56. The first-order valence-electron chi connectivity index (χ1n) is 5.14. The third kappa shape index (κ3) is 2.66. The average Bonchev–Trinajstić information content (AvgIpc) is 2.58. The molecule has 1 aromatic heterocycles. The van der Waals surface area contributed by atoms with Gasteiger partial charge in [-0.05, 0) is 41.6 Å². The van der Waals surface area contributed by atoms with Crippen LogP contribution in [0, 0.1) is 10.5 Å². The summed E-state index contributed by atoms with van der Waals surface area (Å²) in [6.07, 6.45) is 0. The Bertz CT molecular complexity index is 563. The van der Waals surface area contributed by atoms with Gasteiger partial charge in [-0.15, -0.1) is 0 Å². The number of hydrogen-bond donors (Lipinski definition) is 1. The Balaban J connectivity index is 2.23. The largest absolute Gasteiger partial charge is 0.307 e. The molecule has 1 N–H and O–H groups in total. The highest BCUT2D eigenvalue weighted by Gasteiger charge is 2.11. The van der Waals surface area contributed by atoms with Crippen molar-refractivity contribution in [2.24, 2.45) is 7.05 Å². The molecule has 0 aliphatic heterocycles. The van der Waals surface area contributed by atoms with E-state index in [4.69, 9.17) is 0 Å². The van der Waals surface area contributed by atoms with Crippen molar-refractivity contribution in [2.75, 3.05) is 5.32 Å². The number of rotatable bonds is 2. The van der Waals surface area contributed by atoms with Gasteiger partial charge in [-0.2, -0.15) is 5.10 Å². The van der Waals surface area contributed by atoms with Crippen molar-refractivity contribution in [3.8, 4) is 0 Å². The predicted molar refractivity (Wildman–Crippen MR) is 75.1 cm³/mol. The summed E-state index contributed by atoms with van der Waals surface area (Å²) in [7, 11) is 1.80. The first kappa shape index (κ1) is 12.1. The Morgan fingerprint density at radius 1 is 1.41 bits per heavy atom. The van der Waals surface area contributed by atoms with E-state index >= 15 is 0 Å². The molecule has 5 heteroatoms. The topological polar surface area (TPSA) is 46.9 Å². The molecule has 17 heavy (non-hydrogen) atoms. The van der Waals surface area contributed by atoms with Gasteiger partial charge in [0.25, 0.3) is 5.91 Å². The molecule has 88 valence electrons. The van der Waals surface area contributed by atoms with Crippen LogP contribution in [0.1, 0.15) is 16.1 Å². The number of aryl methyl sites for hydroxylation is 2. The lowest BCUT2D eigenvalue weighted by molar-refractivity contribution is 0.102. The van der Waals surface area contributed by atoms with Gasteiger partial charge in [0.15, 0.2) is 0 Å². The Hall–Kier alpha value is -1.37. The second kappa shape index (κ2) is 4.87. The quantitative estimate of drug-likeness (QED) is 0.854. The minimum atomic E-state index is -0.113. The van der Waals surface area contributed by atoms with Crippen LogP contribution in [0.5, 0.6) is 0 Å². The molecule has 0 unspecified atom stereocenters. The lowest BCUT2D eigenvalue weighted by Gasteiger charge is -2.06. The number of halogens is 1. The van der Waals surface area contributed by atoms with Crippen LogP contribution in [0.15, 0.2) is 30.3 Å².